The first-order valence-electron chi connectivity index (χ1n) is 4.55. The number of nitrogens with two attached hydrogens (primary N) is 2. The second-order valence-electron chi connectivity index (χ2n) is 2.89. The molecule has 0 atom stereocenters. The maximum atomic E-state index is 10.4. The number of amides is 1. The van der Waals surface area contributed by atoms with Crippen LogP contribution in [0.5, 0.6) is 0 Å². The van der Waals surface area contributed by atoms with E-state index in [9.17, 15) is 4.79 Å². The second kappa shape index (κ2) is 6.13. The van der Waals surface area contributed by atoms with Crippen LogP contribution in [0.2, 0.25) is 0 Å². The van der Waals surface area contributed by atoms with E-state index in [2.05, 4.69) is 9.97 Å². The number of carbonyl (C=O) groups is 1. The number of aromatic nitrogens is 2. The summed E-state index contributed by atoms with van der Waals surface area (Å²) < 4.78 is 0. The predicted molar refractivity (Wildman–Crippen MR) is 61.4 cm³/mol. The van der Waals surface area contributed by atoms with Gasteiger partial charge in [-0.1, -0.05) is 0 Å². The lowest BCUT2D eigenvalue weighted by Crippen LogP contribution is -2.10. The van der Waals surface area contributed by atoms with Crippen LogP contribution in [-0.4, -0.2) is 15.9 Å². The Kier molecular flexibility index (Phi) is 4.46. The van der Waals surface area contributed by atoms with Crippen molar-refractivity contribution in [2.24, 2.45) is 5.73 Å². The molecular formula is C11H12N4O. The third kappa shape index (κ3) is 4.19. The molecule has 0 saturated heterocycles. The van der Waals surface area contributed by atoms with Crippen molar-refractivity contribution < 1.29 is 4.79 Å². The molecule has 16 heavy (non-hydrogen) atoms. The summed E-state index contributed by atoms with van der Waals surface area (Å²) >= 11 is 0. The lowest BCUT2D eigenvalue weighted by molar-refractivity contribution is 0.1000. The van der Waals surface area contributed by atoms with E-state index < -0.39 is 5.91 Å². The molecule has 0 unspecified atom stereocenters. The maximum Gasteiger partial charge on any atom is 0.250 e. The molecule has 0 bridgehead atoms. The average molecular weight is 216 g/mol. The molecule has 0 spiro atoms. The summed E-state index contributed by atoms with van der Waals surface area (Å²) in [7, 11) is 0. The van der Waals surface area contributed by atoms with Gasteiger partial charge in [-0.2, -0.15) is 0 Å². The minimum atomic E-state index is -0.442. The van der Waals surface area contributed by atoms with Crippen LogP contribution in [0.15, 0.2) is 49.1 Å². The molecule has 2 heterocycles. The predicted octanol–water partition coefficient (Wildman–Crippen LogP) is 0.844. The molecule has 5 nitrogen and oxygen atoms in total. The fourth-order valence-corrected chi connectivity index (χ4v) is 0.884. The standard InChI is InChI=1S/C6H6N2O.C5H6N2/c7-6(9)5-2-1-3-8-4-5;6-5-2-1-3-7-4-5/h1-4H,(H2,7,9);1-4H,6H2. The Hall–Kier alpha value is -2.43. The van der Waals surface area contributed by atoms with E-state index in [0.717, 1.165) is 0 Å². The zero-order chi connectivity index (χ0) is 11.8. The molecule has 2 aromatic heterocycles. The molecule has 0 radical (unpaired) electrons. The topological polar surface area (TPSA) is 94.9 Å². The Labute approximate surface area is 93.1 Å². The van der Waals surface area contributed by atoms with Gasteiger partial charge in [-0.25, -0.2) is 0 Å². The molecule has 0 aliphatic carbocycles. The van der Waals surface area contributed by atoms with E-state index in [1.54, 1.807) is 42.9 Å². The van der Waals surface area contributed by atoms with Crippen LogP contribution < -0.4 is 11.5 Å². The fourth-order valence-electron chi connectivity index (χ4n) is 0.884. The normalized spacial score (nSPS) is 8.75. The van der Waals surface area contributed by atoms with Gasteiger partial charge in [0.25, 0.3) is 0 Å². The average Bonchev–Trinajstić information content (AvgIpc) is 2.32. The smallest absolute Gasteiger partial charge is 0.250 e. The Morgan fingerprint density at radius 2 is 1.69 bits per heavy atom. The number of rotatable bonds is 1. The Morgan fingerprint density at radius 1 is 1.06 bits per heavy atom. The van der Waals surface area contributed by atoms with Gasteiger partial charge in [-0.15, -0.1) is 0 Å². The minimum absolute atomic E-state index is 0.442. The molecule has 5 heteroatoms. The van der Waals surface area contributed by atoms with Crippen molar-refractivity contribution in [1.29, 1.82) is 0 Å². The molecule has 82 valence electrons. The maximum absolute atomic E-state index is 10.4. The molecule has 2 rings (SSSR count). The number of hydrogen-bond acceptors (Lipinski definition) is 4. The highest BCUT2D eigenvalue weighted by Gasteiger charge is 1.94. The molecule has 4 N–H and O–H groups in total. The summed E-state index contributed by atoms with van der Waals surface area (Å²) in [6, 6.07) is 6.89. The molecule has 0 aliphatic rings. The number of primary amides is 1. The molecular weight excluding hydrogens is 204 g/mol. The van der Waals surface area contributed by atoms with Crippen molar-refractivity contribution >= 4 is 11.6 Å². The summed E-state index contributed by atoms with van der Waals surface area (Å²) in [6.07, 6.45) is 6.32. The number of hydrogen-bond donors (Lipinski definition) is 2. The summed E-state index contributed by atoms with van der Waals surface area (Å²) in [5, 5.41) is 0. The first-order valence-corrected chi connectivity index (χ1v) is 4.55. The Morgan fingerprint density at radius 3 is 1.94 bits per heavy atom. The van der Waals surface area contributed by atoms with Gasteiger partial charge in [-0.3, -0.25) is 14.8 Å². The van der Waals surface area contributed by atoms with Crippen molar-refractivity contribution in [2.45, 2.75) is 0 Å². The van der Waals surface area contributed by atoms with Crippen LogP contribution in [0.4, 0.5) is 5.69 Å². The van der Waals surface area contributed by atoms with E-state index in [4.69, 9.17) is 11.5 Å². The van der Waals surface area contributed by atoms with Gasteiger partial charge in [0, 0.05) is 24.8 Å². The zero-order valence-corrected chi connectivity index (χ0v) is 8.58. The van der Waals surface area contributed by atoms with Gasteiger partial charge in [-0.05, 0) is 24.3 Å². The van der Waals surface area contributed by atoms with Crippen LogP contribution in [0.3, 0.4) is 0 Å². The molecule has 1 amide bonds. The number of nitrogen functional groups attached to an aromatic ring is 1. The van der Waals surface area contributed by atoms with Gasteiger partial charge in [0.15, 0.2) is 0 Å². The zero-order valence-electron chi connectivity index (χ0n) is 8.58. The number of carbonyl (C=O) groups excluding carboxylic acids is 1. The molecule has 2 aromatic rings. The van der Waals surface area contributed by atoms with Crippen molar-refractivity contribution in [3.63, 3.8) is 0 Å². The number of pyridine rings is 2. The lowest BCUT2D eigenvalue weighted by Gasteiger charge is -1.88. The summed E-state index contributed by atoms with van der Waals surface area (Å²) in [6.45, 7) is 0. The first-order chi connectivity index (χ1) is 7.70. The summed E-state index contributed by atoms with van der Waals surface area (Å²) in [5.74, 6) is -0.442. The molecule has 0 aromatic carbocycles. The second-order valence-corrected chi connectivity index (χ2v) is 2.89. The third-order valence-corrected chi connectivity index (χ3v) is 1.63. The van der Waals surface area contributed by atoms with Crippen LogP contribution in [-0.2, 0) is 0 Å². The van der Waals surface area contributed by atoms with E-state index in [1.165, 1.54) is 6.20 Å². The first kappa shape index (κ1) is 11.6. The highest BCUT2D eigenvalue weighted by molar-refractivity contribution is 5.92. The minimum Gasteiger partial charge on any atom is -0.397 e. The lowest BCUT2D eigenvalue weighted by atomic mass is 10.3. The molecule has 0 aliphatic heterocycles. The summed E-state index contributed by atoms with van der Waals surface area (Å²) in [5.41, 5.74) is 11.4. The number of anilines is 1. The quantitative estimate of drug-likeness (QED) is 0.738. The van der Waals surface area contributed by atoms with Gasteiger partial charge in [0.2, 0.25) is 5.91 Å². The molecule has 0 fully saturated rings. The van der Waals surface area contributed by atoms with Crippen LogP contribution >= 0.6 is 0 Å². The molecule has 0 saturated carbocycles. The number of nitrogens with zero attached hydrogens (tertiary/aromatic N) is 2. The monoisotopic (exact) mass is 216 g/mol. The Balaban J connectivity index is 0.000000165. The van der Waals surface area contributed by atoms with Gasteiger partial charge in [0.1, 0.15) is 0 Å². The van der Waals surface area contributed by atoms with Crippen LogP contribution in [0.25, 0.3) is 0 Å². The SMILES string of the molecule is NC(=O)c1cccnc1.Nc1cccnc1. The van der Waals surface area contributed by atoms with Crippen molar-refractivity contribution in [2.75, 3.05) is 5.73 Å². The van der Waals surface area contributed by atoms with E-state index in [1.807, 2.05) is 0 Å². The van der Waals surface area contributed by atoms with E-state index >= 15 is 0 Å². The van der Waals surface area contributed by atoms with Gasteiger partial charge in [0.05, 0.1) is 11.3 Å². The third-order valence-electron chi connectivity index (χ3n) is 1.63. The van der Waals surface area contributed by atoms with Crippen LogP contribution in [0.1, 0.15) is 10.4 Å². The summed E-state index contributed by atoms with van der Waals surface area (Å²) in [4.78, 5) is 17.8. The fraction of sp³-hybridized carbons (Fsp3) is 0. The van der Waals surface area contributed by atoms with Gasteiger partial charge < -0.3 is 11.5 Å². The van der Waals surface area contributed by atoms with Crippen LogP contribution in [0, 0.1) is 0 Å². The van der Waals surface area contributed by atoms with E-state index in [0.29, 0.717) is 11.3 Å². The van der Waals surface area contributed by atoms with Gasteiger partial charge >= 0.3 is 0 Å². The van der Waals surface area contributed by atoms with Crippen molar-refractivity contribution in [1.82, 2.24) is 9.97 Å². The largest absolute Gasteiger partial charge is 0.397 e. The highest BCUT2D eigenvalue weighted by Crippen LogP contribution is 1.92. The Bertz CT molecular complexity index is 430. The van der Waals surface area contributed by atoms with Crippen molar-refractivity contribution in [3.05, 3.63) is 54.6 Å². The highest BCUT2D eigenvalue weighted by atomic mass is 16.1. The van der Waals surface area contributed by atoms with Crippen molar-refractivity contribution in [3.8, 4) is 0 Å². The van der Waals surface area contributed by atoms with E-state index in [-0.39, 0.29) is 0 Å².